The minimum atomic E-state index is -0.399. The van der Waals surface area contributed by atoms with Gasteiger partial charge in [0.15, 0.2) is 0 Å². The van der Waals surface area contributed by atoms with E-state index in [-0.39, 0.29) is 11.5 Å². The lowest BCUT2D eigenvalue weighted by Crippen LogP contribution is -2.26. The summed E-state index contributed by atoms with van der Waals surface area (Å²) in [5, 5.41) is 14.1. The van der Waals surface area contributed by atoms with Crippen molar-refractivity contribution in [1.82, 2.24) is 9.97 Å². The second-order valence-corrected chi connectivity index (χ2v) is 5.09. The molecule has 2 rings (SSSR count). The predicted octanol–water partition coefficient (Wildman–Crippen LogP) is 2.44. The zero-order chi connectivity index (χ0) is 14.5. The molecule has 1 aromatic rings. The first-order valence-corrected chi connectivity index (χ1v) is 7.09. The van der Waals surface area contributed by atoms with Crippen molar-refractivity contribution in [1.29, 1.82) is 0 Å². The highest BCUT2D eigenvalue weighted by Gasteiger charge is 2.27. The predicted molar refractivity (Wildman–Crippen MR) is 78.1 cm³/mol. The molecule has 7 heteroatoms. The third-order valence-electron chi connectivity index (χ3n) is 3.95. The Bertz CT molecular complexity index is 480. The van der Waals surface area contributed by atoms with Crippen molar-refractivity contribution in [2.45, 2.75) is 32.6 Å². The van der Waals surface area contributed by atoms with Crippen molar-refractivity contribution in [2.24, 2.45) is 5.92 Å². The first-order chi connectivity index (χ1) is 9.67. The van der Waals surface area contributed by atoms with Crippen molar-refractivity contribution in [3.63, 3.8) is 0 Å². The summed E-state index contributed by atoms with van der Waals surface area (Å²) in [6.07, 6.45) is 5.85. The Kier molecular flexibility index (Phi) is 4.70. The number of hydrogen-bond donors (Lipinski definition) is 1. The molecule has 7 nitrogen and oxygen atoms in total. The molecule has 2 heterocycles. The van der Waals surface area contributed by atoms with E-state index >= 15 is 0 Å². The average molecular weight is 279 g/mol. The summed E-state index contributed by atoms with van der Waals surface area (Å²) in [7, 11) is 1.63. The highest BCUT2D eigenvalue weighted by Crippen LogP contribution is 2.33. The average Bonchev–Trinajstić information content (AvgIpc) is 2.71. The molecular weight excluding hydrogens is 258 g/mol. The van der Waals surface area contributed by atoms with E-state index < -0.39 is 4.92 Å². The zero-order valence-corrected chi connectivity index (χ0v) is 12.0. The summed E-state index contributed by atoms with van der Waals surface area (Å²) in [4.78, 5) is 21.0. The third-order valence-corrected chi connectivity index (χ3v) is 3.95. The largest absolute Gasteiger partial charge is 0.367 e. The Balaban J connectivity index is 2.30. The maximum Gasteiger partial charge on any atom is 0.353 e. The number of nitrogens with zero attached hydrogens (tertiary/aromatic N) is 4. The molecule has 1 fully saturated rings. The lowest BCUT2D eigenvalue weighted by atomic mass is 9.98. The fourth-order valence-corrected chi connectivity index (χ4v) is 2.74. The van der Waals surface area contributed by atoms with Crippen LogP contribution >= 0.6 is 0 Å². The Labute approximate surface area is 118 Å². The van der Waals surface area contributed by atoms with Crippen LogP contribution in [0.15, 0.2) is 6.33 Å². The zero-order valence-electron chi connectivity index (χ0n) is 12.0. The first-order valence-electron chi connectivity index (χ1n) is 7.09. The standard InChI is InChI=1S/C13H21N5O2/c1-3-10-5-4-7-17(8-6-10)13-11(18(19)20)12(14-2)15-9-16-13/h9-10H,3-8H2,1-2H3,(H,14,15,16). The van der Waals surface area contributed by atoms with Crippen molar-refractivity contribution in [2.75, 3.05) is 30.4 Å². The molecule has 1 aromatic heterocycles. The van der Waals surface area contributed by atoms with Gasteiger partial charge in [-0.15, -0.1) is 0 Å². The maximum absolute atomic E-state index is 11.3. The summed E-state index contributed by atoms with van der Waals surface area (Å²) in [5.74, 6) is 1.42. The monoisotopic (exact) mass is 279 g/mol. The fraction of sp³-hybridized carbons (Fsp3) is 0.692. The van der Waals surface area contributed by atoms with Crippen LogP contribution < -0.4 is 10.2 Å². The van der Waals surface area contributed by atoms with E-state index in [1.807, 2.05) is 4.90 Å². The van der Waals surface area contributed by atoms with E-state index in [2.05, 4.69) is 22.2 Å². The minimum Gasteiger partial charge on any atom is -0.367 e. The lowest BCUT2D eigenvalue weighted by molar-refractivity contribution is -0.383. The minimum absolute atomic E-state index is 0.0232. The number of rotatable bonds is 4. The van der Waals surface area contributed by atoms with Gasteiger partial charge < -0.3 is 10.2 Å². The smallest absolute Gasteiger partial charge is 0.353 e. The Morgan fingerprint density at radius 3 is 2.90 bits per heavy atom. The fourth-order valence-electron chi connectivity index (χ4n) is 2.74. The van der Waals surface area contributed by atoms with Gasteiger partial charge in [-0.3, -0.25) is 10.1 Å². The molecule has 0 spiro atoms. The quantitative estimate of drug-likeness (QED) is 0.673. The number of aromatic nitrogens is 2. The van der Waals surface area contributed by atoms with Gasteiger partial charge in [-0.25, -0.2) is 9.97 Å². The molecule has 1 unspecified atom stereocenters. The van der Waals surface area contributed by atoms with Gasteiger partial charge in [-0.1, -0.05) is 13.3 Å². The van der Waals surface area contributed by atoms with Crippen molar-refractivity contribution in [3.05, 3.63) is 16.4 Å². The van der Waals surface area contributed by atoms with Crippen LogP contribution in [0.25, 0.3) is 0 Å². The number of hydrogen-bond acceptors (Lipinski definition) is 6. The van der Waals surface area contributed by atoms with Gasteiger partial charge in [-0.2, -0.15) is 0 Å². The first kappa shape index (κ1) is 14.5. The molecule has 0 radical (unpaired) electrons. The van der Waals surface area contributed by atoms with Crippen LogP contribution in [-0.4, -0.2) is 35.0 Å². The SMILES string of the molecule is CCC1CCCN(c2ncnc(NC)c2[N+](=O)[O-])CC1. The van der Waals surface area contributed by atoms with Crippen LogP contribution in [-0.2, 0) is 0 Å². The normalized spacial score (nSPS) is 19.5. The van der Waals surface area contributed by atoms with E-state index in [9.17, 15) is 10.1 Å². The molecule has 1 atom stereocenters. The molecule has 0 bridgehead atoms. The van der Waals surface area contributed by atoms with Gasteiger partial charge in [0.2, 0.25) is 11.6 Å². The molecular formula is C13H21N5O2. The summed E-state index contributed by atoms with van der Waals surface area (Å²) >= 11 is 0. The van der Waals surface area contributed by atoms with Crippen LogP contribution in [0.2, 0.25) is 0 Å². The van der Waals surface area contributed by atoms with Gasteiger partial charge in [-0.05, 0) is 25.2 Å². The van der Waals surface area contributed by atoms with Crippen molar-refractivity contribution >= 4 is 17.3 Å². The van der Waals surface area contributed by atoms with Gasteiger partial charge in [0.25, 0.3) is 0 Å². The number of nitro groups is 1. The number of anilines is 2. The summed E-state index contributed by atoms with van der Waals surface area (Å²) in [5.41, 5.74) is -0.0232. The lowest BCUT2D eigenvalue weighted by Gasteiger charge is -2.21. The van der Waals surface area contributed by atoms with E-state index in [4.69, 9.17) is 0 Å². The van der Waals surface area contributed by atoms with Crippen molar-refractivity contribution in [3.8, 4) is 0 Å². The van der Waals surface area contributed by atoms with Crippen LogP contribution in [0, 0.1) is 16.0 Å². The Morgan fingerprint density at radius 2 is 2.25 bits per heavy atom. The number of nitrogens with one attached hydrogen (secondary N) is 1. The molecule has 0 amide bonds. The van der Waals surface area contributed by atoms with Gasteiger partial charge in [0.1, 0.15) is 6.33 Å². The Hall–Kier alpha value is -1.92. The van der Waals surface area contributed by atoms with Crippen LogP contribution in [0.1, 0.15) is 32.6 Å². The van der Waals surface area contributed by atoms with E-state index in [0.29, 0.717) is 11.7 Å². The third kappa shape index (κ3) is 2.97. The van der Waals surface area contributed by atoms with Gasteiger partial charge in [0, 0.05) is 20.1 Å². The van der Waals surface area contributed by atoms with Crippen LogP contribution in [0.3, 0.4) is 0 Å². The maximum atomic E-state index is 11.3. The molecule has 0 saturated carbocycles. The van der Waals surface area contributed by atoms with Gasteiger partial charge in [0.05, 0.1) is 4.92 Å². The van der Waals surface area contributed by atoms with Gasteiger partial charge >= 0.3 is 5.69 Å². The van der Waals surface area contributed by atoms with Crippen molar-refractivity contribution < 1.29 is 4.92 Å². The molecule has 110 valence electrons. The van der Waals surface area contributed by atoms with E-state index in [1.165, 1.54) is 19.2 Å². The summed E-state index contributed by atoms with van der Waals surface area (Å²) in [6.45, 7) is 3.84. The van der Waals surface area contributed by atoms with Crippen LogP contribution in [0.4, 0.5) is 17.3 Å². The molecule has 0 aliphatic carbocycles. The second-order valence-electron chi connectivity index (χ2n) is 5.09. The topological polar surface area (TPSA) is 84.2 Å². The molecule has 0 aromatic carbocycles. The summed E-state index contributed by atoms with van der Waals surface area (Å²) in [6, 6.07) is 0. The summed E-state index contributed by atoms with van der Waals surface area (Å²) < 4.78 is 0. The molecule has 1 aliphatic heterocycles. The van der Waals surface area contributed by atoms with Crippen LogP contribution in [0.5, 0.6) is 0 Å². The molecule has 1 saturated heterocycles. The Morgan fingerprint density at radius 1 is 1.45 bits per heavy atom. The highest BCUT2D eigenvalue weighted by molar-refractivity contribution is 5.70. The van der Waals surface area contributed by atoms with E-state index in [1.54, 1.807) is 7.05 Å². The second kappa shape index (κ2) is 6.49. The highest BCUT2D eigenvalue weighted by atomic mass is 16.6. The molecule has 1 N–H and O–H groups in total. The molecule has 1 aliphatic rings. The van der Waals surface area contributed by atoms with E-state index in [0.717, 1.165) is 25.9 Å². The molecule has 20 heavy (non-hydrogen) atoms.